The summed E-state index contributed by atoms with van der Waals surface area (Å²) in [5, 5.41) is 3.11. The minimum Gasteiger partial charge on any atom is -0.373 e. The Hall–Kier alpha value is -1.32. The van der Waals surface area contributed by atoms with Gasteiger partial charge in [0, 0.05) is 32.6 Å². The zero-order valence-electron chi connectivity index (χ0n) is 11.2. The van der Waals surface area contributed by atoms with E-state index in [1.165, 1.54) is 6.42 Å². The van der Waals surface area contributed by atoms with Gasteiger partial charge in [0.25, 0.3) is 0 Å². The van der Waals surface area contributed by atoms with Crippen molar-refractivity contribution < 1.29 is 0 Å². The van der Waals surface area contributed by atoms with Crippen molar-refractivity contribution in [3.63, 3.8) is 0 Å². The first-order valence-corrected chi connectivity index (χ1v) is 6.35. The van der Waals surface area contributed by atoms with Gasteiger partial charge in [0.15, 0.2) is 0 Å². The fourth-order valence-corrected chi connectivity index (χ4v) is 2.24. The summed E-state index contributed by atoms with van der Waals surface area (Å²) in [6.07, 6.45) is 2.10. The zero-order valence-corrected chi connectivity index (χ0v) is 11.2. The lowest BCUT2D eigenvalue weighted by Gasteiger charge is -2.21. The second kappa shape index (κ2) is 4.51. The largest absolute Gasteiger partial charge is 0.373 e. The Balaban J connectivity index is 2.26. The summed E-state index contributed by atoms with van der Waals surface area (Å²) in [5.41, 5.74) is 0.400. The molecule has 1 aliphatic heterocycles. The molecule has 1 fully saturated rings. The molecular weight excluding hydrogens is 212 g/mol. The minimum absolute atomic E-state index is 0.400. The Morgan fingerprint density at radius 1 is 1.41 bits per heavy atom. The third kappa shape index (κ3) is 2.68. The molecular formula is C13H22N4. The van der Waals surface area contributed by atoms with Crippen molar-refractivity contribution >= 4 is 11.6 Å². The predicted octanol–water partition coefficient (Wildman–Crippen LogP) is 2.32. The van der Waals surface area contributed by atoms with E-state index in [0.29, 0.717) is 5.41 Å². The van der Waals surface area contributed by atoms with Gasteiger partial charge in [-0.15, -0.1) is 0 Å². The predicted molar refractivity (Wildman–Crippen MR) is 71.6 cm³/mol. The van der Waals surface area contributed by atoms with Crippen molar-refractivity contribution in [2.24, 2.45) is 5.41 Å². The van der Waals surface area contributed by atoms with Crippen molar-refractivity contribution in [3.05, 3.63) is 11.9 Å². The molecule has 1 aliphatic rings. The van der Waals surface area contributed by atoms with Crippen molar-refractivity contribution in [1.29, 1.82) is 0 Å². The van der Waals surface area contributed by atoms with Crippen LogP contribution in [-0.2, 0) is 6.42 Å². The van der Waals surface area contributed by atoms with Crippen LogP contribution in [0, 0.1) is 5.41 Å². The third-order valence-electron chi connectivity index (χ3n) is 3.33. The van der Waals surface area contributed by atoms with Crippen LogP contribution >= 0.6 is 0 Å². The lowest BCUT2D eigenvalue weighted by atomic mass is 9.93. The molecule has 0 spiro atoms. The molecule has 0 radical (unpaired) electrons. The molecule has 0 aromatic carbocycles. The molecule has 2 rings (SSSR count). The first-order valence-electron chi connectivity index (χ1n) is 6.35. The van der Waals surface area contributed by atoms with Crippen LogP contribution in [0.25, 0.3) is 0 Å². The van der Waals surface area contributed by atoms with Crippen LogP contribution in [0.3, 0.4) is 0 Å². The Morgan fingerprint density at radius 3 is 2.71 bits per heavy atom. The molecule has 0 amide bonds. The Morgan fingerprint density at radius 2 is 2.18 bits per heavy atom. The molecule has 4 nitrogen and oxygen atoms in total. The maximum absolute atomic E-state index is 4.62. The maximum atomic E-state index is 4.62. The van der Waals surface area contributed by atoms with E-state index >= 15 is 0 Å². The number of nitrogens with zero attached hydrogens (tertiary/aromatic N) is 3. The van der Waals surface area contributed by atoms with Gasteiger partial charge in [-0.25, -0.2) is 9.97 Å². The molecule has 2 heterocycles. The molecule has 0 aliphatic carbocycles. The summed E-state index contributed by atoms with van der Waals surface area (Å²) < 4.78 is 0. The first kappa shape index (κ1) is 12.1. The van der Waals surface area contributed by atoms with Gasteiger partial charge < -0.3 is 10.2 Å². The summed E-state index contributed by atoms with van der Waals surface area (Å²) in [6.45, 7) is 8.89. The number of nitrogens with one attached hydrogen (secondary N) is 1. The minimum atomic E-state index is 0.400. The second-order valence-corrected chi connectivity index (χ2v) is 5.47. The highest BCUT2D eigenvalue weighted by Gasteiger charge is 2.30. The number of hydrogen-bond donors (Lipinski definition) is 1. The van der Waals surface area contributed by atoms with Gasteiger partial charge in [0.1, 0.15) is 17.5 Å². The molecule has 0 saturated carbocycles. The average Bonchev–Trinajstić information content (AvgIpc) is 2.69. The van der Waals surface area contributed by atoms with E-state index in [1.54, 1.807) is 0 Å². The number of aryl methyl sites for hydroxylation is 1. The summed E-state index contributed by atoms with van der Waals surface area (Å²) in [4.78, 5) is 11.4. The van der Waals surface area contributed by atoms with Crippen molar-refractivity contribution in [2.75, 3.05) is 30.4 Å². The molecule has 94 valence electrons. The Bertz CT molecular complexity index is 378. The van der Waals surface area contributed by atoms with Crippen LogP contribution in [-0.4, -0.2) is 30.1 Å². The normalized spacial score (nSPS) is 18.5. The second-order valence-electron chi connectivity index (χ2n) is 5.47. The average molecular weight is 234 g/mol. The van der Waals surface area contributed by atoms with E-state index in [4.69, 9.17) is 0 Å². The summed E-state index contributed by atoms with van der Waals surface area (Å²) in [6, 6.07) is 2.04. The van der Waals surface area contributed by atoms with E-state index in [9.17, 15) is 0 Å². The zero-order chi connectivity index (χ0) is 12.5. The topological polar surface area (TPSA) is 41.1 Å². The van der Waals surface area contributed by atoms with E-state index in [-0.39, 0.29) is 0 Å². The van der Waals surface area contributed by atoms with Crippen LogP contribution in [0.5, 0.6) is 0 Å². The molecule has 0 unspecified atom stereocenters. The third-order valence-corrected chi connectivity index (χ3v) is 3.33. The Labute approximate surface area is 103 Å². The van der Waals surface area contributed by atoms with Crippen LogP contribution in [0.1, 0.15) is 33.0 Å². The van der Waals surface area contributed by atoms with E-state index in [2.05, 4.69) is 41.0 Å². The highest BCUT2D eigenvalue weighted by atomic mass is 15.2. The van der Waals surface area contributed by atoms with E-state index in [0.717, 1.165) is 37.0 Å². The van der Waals surface area contributed by atoms with Gasteiger partial charge in [0.2, 0.25) is 0 Å². The van der Waals surface area contributed by atoms with Gasteiger partial charge in [-0.1, -0.05) is 20.8 Å². The SMILES string of the molecule is CCc1nc(NC)cc(N2CCC(C)(C)C2)n1. The molecule has 1 aromatic rings. The number of rotatable bonds is 3. The van der Waals surface area contributed by atoms with Crippen LogP contribution in [0.15, 0.2) is 6.07 Å². The monoisotopic (exact) mass is 234 g/mol. The fraction of sp³-hybridized carbons (Fsp3) is 0.692. The molecule has 1 aromatic heterocycles. The maximum Gasteiger partial charge on any atom is 0.134 e. The van der Waals surface area contributed by atoms with Crippen molar-refractivity contribution in [1.82, 2.24) is 9.97 Å². The number of hydrogen-bond acceptors (Lipinski definition) is 4. The van der Waals surface area contributed by atoms with E-state index < -0.39 is 0 Å². The fourth-order valence-electron chi connectivity index (χ4n) is 2.24. The molecule has 1 saturated heterocycles. The quantitative estimate of drug-likeness (QED) is 0.871. The molecule has 17 heavy (non-hydrogen) atoms. The smallest absolute Gasteiger partial charge is 0.134 e. The summed E-state index contributed by atoms with van der Waals surface area (Å²) in [5.74, 6) is 2.89. The van der Waals surface area contributed by atoms with Crippen molar-refractivity contribution in [3.8, 4) is 0 Å². The standard InChI is InChI=1S/C13H22N4/c1-5-10-15-11(14-4)8-12(16-10)17-7-6-13(2,3)9-17/h8H,5-7,9H2,1-4H3,(H,14,15,16). The highest BCUT2D eigenvalue weighted by Crippen LogP contribution is 2.32. The van der Waals surface area contributed by atoms with E-state index in [1.807, 2.05) is 13.1 Å². The summed E-state index contributed by atoms with van der Waals surface area (Å²) >= 11 is 0. The van der Waals surface area contributed by atoms with Crippen LogP contribution in [0.2, 0.25) is 0 Å². The Kier molecular flexibility index (Phi) is 3.22. The van der Waals surface area contributed by atoms with Gasteiger partial charge >= 0.3 is 0 Å². The molecule has 0 bridgehead atoms. The van der Waals surface area contributed by atoms with Crippen molar-refractivity contribution in [2.45, 2.75) is 33.6 Å². The number of anilines is 2. The number of aromatic nitrogens is 2. The molecule has 4 heteroatoms. The highest BCUT2D eigenvalue weighted by molar-refractivity contribution is 5.50. The molecule has 1 N–H and O–H groups in total. The van der Waals surface area contributed by atoms with Gasteiger partial charge in [-0.2, -0.15) is 0 Å². The van der Waals surface area contributed by atoms with Crippen LogP contribution in [0.4, 0.5) is 11.6 Å². The van der Waals surface area contributed by atoms with Gasteiger partial charge in [-0.05, 0) is 11.8 Å². The first-order chi connectivity index (χ1) is 8.04. The molecule has 0 atom stereocenters. The van der Waals surface area contributed by atoms with Gasteiger partial charge in [-0.3, -0.25) is 0 Å². The lowest BCUT2D eigenvalue weighted by molar-refractivity contribution is 0.418. The summed E-state index contributed by atoms with van der Waals surface area (Å²) in [7, 11) is 1.90. The lowest BCUT2D eigenvalue weighted by Crippen LogP contribution is -2.24. The van der Waals surface area contributed by atoms with Gasteiger partial charge in [0.05, 0.1) is 0 Å². The van der Waals surface area contributed by atoms with Crippen LogP contribution < -0.4 is 10.2 Å².